The standard InChI is InChI=1S/C15H16N4OS/c1-9-7-10(2)17-15-13(9)14(18-19(15)11(3)20)16-8-12-5-4-6-21-12/h4-7H,8H2,1-3H3,(H,16,18). The first kappa shape index (κ1) is 13.8. The van der Waals surface area contributed by atoms with E-state index in [-0.39, 0.29) is 5.91 Å². The van der Waals surface area contributed by atoms with Crippen molar-refractivity contribution in [1.82, 2.24) is 14.8 Å². The predicted molar refractivity (Wildman–Crippen MR) is 84.9 cm³/mol. The highest BCUT2D eigenvalue weighted by Gasteiger charge is 2.16. The van der Waals surface area contributed by atoms with Crippen LogP contribution in [0, 0.1) is 13.8 Å². The molecule has 3 aromatic heterocycles. The lowest BCUT2D eigenvalue weighted by molar-refractivity contribution is 0.0926. The first-order chi connectivity index (χ1) is 10.1. The number of rotatable bonds is 3. The Hall–Kier alpha value is -2.21. The van der Waals surface area contributed by atoms with Gasteiger partial charge in [0.25, 0.3) is 0 Å². The number of aromatic nitrogens is 3. The summed E-state index contributed by atoms with van der Waals surface area (Å²) < 4.78 is 1.37. The maximum absolute atomic E-state index is 11.8. The molecule has 0 aromatic carbocycles. The molecule has 5 nitrogen and oxygen atoms in total. The number of pyridine rings is 1. The van der Waals surface area contributed by atoms with Crippen LogP contribution in [0.2, 0.25) is 0 Å². The van der Waals surface area contributed by atoms with Gasteiger partial charge in [-0.05, 0) is 36.9 Å². The fourth-order valence-corrected chi connectivity index (χ4v) is 3.03. The summed E-state index contributed by atoms with van der Waals surface area (Å²) in [7, 11) is 0. The van der Waals surface area contributed by atoms with E-state index < -0.39 is 0 Å². The summed E-state index contributed by atoms with van der Waals surface area (Å²) in [6.45, 7) is 6.12. The Morgan fingerprint density at radius 1 is 1.43 bits per heavy atom. The van der Waals surface area contributed by atoms with Gasteiger partial charge >= 0.3 is 0 Å². The minimum absolute atomic E-state index is 0.137. The summed E-state index contributed by atoms with van der Waals surface area (Å²) in [6, 6.07) is 6.09. The molecule has 6 heteroatoms. The van der Waals surface area contributed by atoms with Gasteiger partial charge in [0.05, 0.1) is 11.9 Å². The molecule has 1 N–H and O–H groups in total. The quantitative estimate of drug-likeness (QED) is 0.805. The fraction of sp³-hybridized carbons (Fsp3) is 0.267. The van der Waals surface area contributed by atoms with Crippen molar-refractivity contribution in [3.63, 3.8) is 0 Å². The average molecular weight is 300 g/mol. The molecule has 21 heavy (non-hydrogen) atoms. The van der Waals surface area contributed by atoms with Crippen molar-refractivity contribution in [2.75, 3.05) is 5.32 Å². The summed E-state index contributed by atoms with van der Waals surface area (Å²) >= 11 is 1.69. The molecule has 0 aliphatic carbocycles. The summed E-state index contributed by atoms with van der Waals surface area (Å²) in [4.78, 5) is 17.4. The number of thiophene rings is 1. The Kier molecular flexibility index (Phi) is 3.47. The molecule has 0 saturated carbocycles. The van der Waals surface area contributed by atoms with Crippen LogP contribution < -0.4 is 5.32 Å². The zero-order valence-electron chi connectivity index (χ0n) is 12.2. The molecule has 0 radical (unpaired) electrons. The van der Waals surface area contributed by atoms with Gasteiger partial charge in [-0.25, -0.2) is 4.98 Å². The van der Waals surface area contributed by atoms with Gasteiger partial charge in [-0.1, -0.05) is 6.07 Å². The topological polar surface area (TPSA) is 59.8 Å². The van der Waals surface area contributed by atoms with Crippen molar-refractivity contribution in [2.24, 2.45) is 0 Å². The van der Waals surface area contributed by atoms with Gasteiger partial charge in [0.15, 0.2) is 11.5 Å². The van der Waals surface area contributed by atoms with Crippen molar-refractivity contribution in [2.45, 2.75) is 27.3 Å². The highest BCUT2D eigenvalue weighted by Crippen LogP contribution is 2.26. The SMILES string of the molecule is CC(=O)n1nc(NCc2cccs2)c2c(C)cc(C)nc21. The van der Waals surface area contributed by atoms with E-state index in [0.717, 1.165) is 16.6 Å². The average Bonchev–Trinajstić information content (AvgIpc) is 3.02. The van der Waals surface area contributed by atoms with Crippen molar-refractivity contribution in [1.29, 1.82) is 0 Å². The monoisotopic (exact) mass is 300 g/mol. The molecule has 3 heterocycles. The first-order valence-electron chi connectivity index (χ1n) is 6.70. The van der Waals surface area contributed by atoms with Gasteiger partial charge < -0.3 is 5.32 Å². The third-order valence-electron chi connectivity index (χ3n) is 3.27. The van der Waals surface area contributed by atoms with E-state index in [2.05, 4.69) is 21.5 Å². The lowest BCUT2D eigenvalue weighted by Gasteiger charge is -2.03. The molecular weight excluding hydrogens is 284 g/mol. The third-order valence-corrected chi connectivity index (χ3v) is 4.15. The predicted octanol–water partition coefficient (Wildman–Crippen LogP) is 3.38. The highest BCUT2D eigenvalue weighted by molar-refractivity contribution is 7.09. The Morgan fingerprint density at radius 3 is 2.90 bits per heavy atom. The van der Waals surface area contributed by atoms with Gasteiger partial charge in [-0.3, -0.25) is 4.79 Å². The third kappa shape index (κ3) is 2.54. The number of aryl methyl sites for hydroxylation is 2. The largest absolute Gasteiger partial charge is 0.363 e. The van der Waals surface area contributed by atoms with Crippen LogP contribution >= 0.6 is 11.3 Å². The molecule has 0 spiro atoms. The molecule has 0 bridgehead atoms. The molecular formula is C15H16N4OS. The van der Waals surface area contributed by atoms with E-state index in [0.29, 0.717) is 18.0 Å². The van der Waals surface area contributed by atoms with E-state index in [1.165, 1.54) is 16.5 Å². The zero-order valence-corrected chi connectivity index (χ0v) is 13.0. The minimum Gasteiger partial charge on any atom is -0.363 e. The van der Waals surface area contributed by atoms with Crippen LogP contribution in [0.1, 0.15) is 27.9 Å². The van der Waals surface area contributed by atoms with Gasteiger partial charge in [0, 0.05) is 17.5 Å². The second-order valence-corrected chi connectivity index (χ2v) is 6.02. The Labute approximate surface area is 126 Å². The van der Waals surface area contributed by atoms with Gasteiger partial charge in [0.1, 0.15) is 0 Å². The van der Waals surface area contributed by atoms with Gasteiger partial charge in [0.2, 0.25) is 5.91 Å². The molecule has 0 fully saturated rings. The van der Waals surface area contributed by atoms with Crippen molar-refractivity contribution in [3.05, 3.63) is 39.7 Å². The minimum atomic E-state index is -0.137. The number of hydrogen-bond donors (Lipinski definition) is 1. The molecule has 0 aliphatic rings. The molecule has 0 saturated heterocycles. The fourth-order valence-electron chi connectivity index (χ4n) is 2.39. The van der Waals surface area contributed by atoms with E-state index >= 15 is 0 Å². The summed E-state index contributed by atoms with van der Waals surface area (Å²) in [5, 5.41) is 10.7. The number of carbonyl (C=O) groups excluding carboxylic acids is 1. The van der Waals surface area contributed by atoms with Crippen LogP contribution in [-0.2, 0) is 6.54 Å². The van der Waals surface area contributed by atoms with Crippen LogP contribution in [0.3, 0.4) is 0 Å². The van der Waals surface area contributed by atoms with Gasteiger partial charge in [-0.15, -0.1) is 16.4 Å². The lowest BCUT2D eigenvalue weighted by atomic mass is 10.2. The summed E-state index contributed by atoms with van der Waals surface area (Å²) in [5.41, 5.74) is 2.57. The smallest absolute Gasteiger partial charge is 0.245 e. The van der Waals surface area contributed by atoms with Crippen molar-refractivity contribution < 1.29 is 4.79 Å². The molecule has 0 amide bonds. The molecule has 3 rings (SSSR count). The van der Waals surface area contributed by atoms with Crippen molar-refractivity contribution >= 4 is 34.1 Å². The highest BCUT2D eigenvalue weighted by atomic mass is 32.1. The van der Waals surface area contributed by atoms with Crippen LogP contribution in [0.15, 0.2) is 23.6 Å². The zero-order chi connectivity index (χ0) is 15.0. The van der Waals surface area contributed by atoms with Crippen molar-refractivity contribution in [3.8, 4) is 0 Å². The molecule has 108 valence electrons. The van der Waals surface area contributed by atoms with E-state index in [9.17, 15) is 4.79 Å². The normalized spacial score (nSPS) is 11.0. The first-order valence-corrected chi connectivity index (χ1v) is 7.58. The Balaban J connectivity index is 2.07. The molecule has 0 unspecified atom stereocenters. The van der Waals surface area contributed by atoms with Crippen LogP contribution in [0.5, 0.6) is 0 Å². The maximum Gasteiger partial charge on any atom is 0.245 e. The molecule has 0 aliphatic heterocycles. The number of anilines is 1. The van der Waals surface area contributed by atoms with E-state index in [4.69, 9.17) is 0 Å². The number of fused-ring (bicyclic) bond motifs is 1. The second kappa shape index (κ2) is 5.29. The summed E-state index contributed by atoms with van der Waals surface area (Å²) in [5.74, 6) is 0.570. The van der Waals surface area contributed by atoms with E-state index in [1.54, 1.807) is 11.3 Å². The van der Waals surface area contributed by atoms with Gasteiger partial charge in [-0.2, -0.15) is 4.68 Å². The molecule has 0 atom stereocenters. The number of carbonyl (C=O) groups is 1. The summed E-state index contributed by atoms with van der Waals surface area (Å²) in [6.07, 6.45) is 0. The maximum atomic E-state index is 11.8. The number of hydrogen-bond acceptors (Lipinski definition) is 5. The second-order valence-electron chi connectivity index (χ2n) is 4.99. The Bertz CT molecular complexity index is 805. The molecule has 3 aromatic rings. The lowest BCUT2D eigenvalue weighted by Crippen LogP contribution is -2.09. The van der Waals surface area contributed by atoms with E-state index in [1.807, 2.05) is 31.4 Å². The number of nitrogens with one attached hydrogen (secondary N) is 1. The van der Waals surface area contributed by atoms with Crippen LogP contribution in [0.25, 0.3) is 11.0 Å². The Morgan fingerprint density at radius 2 is 2.24 bits per heavy atom. The number of nitrogens with zero attached hydrogens (tertiary/aromatic N) is 3. The van der Waals surface area contributed by atoms with Crippen LogP contribution in [-0.4, -0.2) is 20.7 Å². The van der Waals surface area contributed by atoms with Crippen LogP contribution in [0.4, 0.5) is 5.82 Å².